The third-order valence-electron chi connectivity index (χ3n) is 9.39. The van der Waals surface area contributed by atoms with Gasteiger partial charge in [-0.1, -0.05) is 63.2 Å². The summed E-state index contributed by atoms with van der Waals surface area (Å²) in [5, 5.41) is 5.49. The van der Waals surface area contributed by atoms with Crippen molar-refractivity contribution < 1.29 is 4.74 Å². The minimum atomic E-state index is 0.00313. The Morgan fingerprint density at radius 2 is 1.35 bits per heavy atom. The molecule has 5 heterocycles. The van der Waals surface area contributed by atoms with Crippen LogP contribution in [0, 0.1) is 6.92 Å². The fraction of sp³-hybridized carbons (Fsp3) is 0.119. The van der Waals surface area contributed by atoms with Gasteiger partial charge < -0.3 is 4.74 Å². The second-order valence-electron chi connectivity index (χ2n) is 13.5. The van der Waals surface area contributed by atoms with Gasteiger partial charge in [-0.05, 0) is 89.5 Å². The van der Waals surface area contributed by atoms with Crippen molar-refractivity contribution in [3.8, 4) is 28.6 Å². The summed E-state index contributed by atoms with van der Waals surface area (Å²) in [5.41, 5.74) is 8.33. The lowest BCUT2D eigenvalue weighted by Crippen LogP contribution is -2.12. The molecule has 0 amide bonds. The van der Waals surface area contributed by atoms with Crippen LogP contribution in [0.5, 0.6) is 11.5 Å². The highest BCUT2D eigenvalue weighted by Crippen LogP contribution is 2.38. The molecular weight excluding hydrogens is 590 g/mol. The Morgan fingerprint density at radius 1 is 0.604 bits per heavy atom. The summed E-state index contributed by atoms with van der Waals surface area (Å²) in [7, 11) is 0. The van der Waals surface area contributed by atoms with E-state index in [-0.39, 0.29) is 5.41 Å². The van der Waals surface area contributed by atoms with Gasteiger partial charge in [-0.15, -0.1) is 0 Å². The number of hydrogen-bond acceptors (Lipinski definition) is 4. The summed E-state index contributed by atoms with van der Waals surface area (Å²) in [6.45, 7) is 8.81. The second kappa shape index (κ2) is 10.5. The zero-order valence-electron chi connectivity index (χ0n) is 27.3. The first-order valence-electron chi connectivity index (χ1n) is 16.3. The number of hydrogen-bond donors (Lipinski definition) is 0. The number of benzene rings is 4. The number of aromatic nitrogens is 5. The SMILES string of the molecule is Cc1ccccc1-c1cn2c3ncccc3c3ccc(Oc4ccc5c6ccccc6n(-c6cc(C(C)(C)C)ccn6)c5c4)cc3c2n1. The first kappa shape index (κ1) is 28.2. The maximum atomic E-state index is 6.64. The van der Waals surface area contributed by atoms with Crippen molar-refractivity contribution >= 4 is 49.3 Å². The van der Waals surface area contributed by atoms with Crippen molar-refractivity contribution in [1.82, 2.24) is 23.9 Å². The van der Waals surface area contributed by atoms with E-state index in [1.165, 1.54) is 16.5 Å². The van der Waals surface area contributed by atoms with Gasteiger partial charge in [-0.3, -0.25) is 8.97 Å². The Balaban J connectivity index is 1.20. The van der Waals surface area contributed by atoms with Gasteiger partial charge in [0, 0.05) is 51.8 Å². The predicted molar refractivity (Wildman–Crippen MR) is 196 cm³/mol. The molecule has 0 aliphatic rings. The molecule has 0 atom stereocenters. The summed E-state index contributed by atoms with van der Waals surface area (Å²) in [5.74, 6) is 2.38. The molecule has 5 aromatic heterocycles. The third-order valence-corrected chi connectivity index (χ3v) is 9.39. The normalized spacial score (nSPS) is 12.2. The van der Waals surface area contributed by atoms with E-state index in [0.29, 0.717) is 0 Å². The zero-order valence-corrected chi connectivity index (χ0v) is 27.3. The van der Waals surface area contributed by atoms with Crippen LogP contribution in [-0.2, 0) is 5.41 Å². The third kappa shape index (κ3) is 4.44. The minimum absolute atomic E-state index is 0.00313. The van der Waals surface area contributed by atoms with Crippen molar-refractivity contribution in [3.05, 3.63) is 139 Å². The lowest BCUT2D eigenvalue weighted by molar-refractivity contribution is 0.484. The van der Waals surface area contributed by atoms with Crippen LogP contribution in [0.1, 0.15) is 31.9 Å². The molecule has 0 radical (unpaired) electrons. The Morgan fingerprint density at radius 3 is 2.21 bits per heavy atom. The van der Waals surface area contributed by atoms with Gasteiger partial charge in [0.2, 0.25) is 0 Å². The van der Waals surface area contributed by atoms with Gasteiger partial charge in [0.25, 0.3) is 0 Å². The molecule has 6 heteroatoms. The summed E-state index contributed by atoms with van der Waals surface area (Å²) < 4.78 is 11.0. The number of para-hydroxylation sites is 1. The molecule has 0 saturated carbocycles. The van der Waals surface area contributed by atoms with Crippen molar-refractivity contribution in [2.24, 2.45) is 0 Å². The Labute approximate surface area is 277 Å². The molecule has 0 spiro atoms. The molecule has 48 heavy (non-hydrogen) atoms. The van der Waals surface area contributed by atoms with Crippen molar-refractivity contribution in [3.63, 3.8) is 0 Å². The highest BCUT2D eigenvalue weighted by atomic mass is 16.5. The van der Waals surface area contributed by atoms with Gasteiger partial charge in [0.15, 0.2) is 0 Å². The number of nitrogens with zero attached hydrogens (tertiary/aromatic N) is 5. The standard InChI is InChI=1S/C42H33N5O/c1-26-10-5-6-11-30(26)36-25-46-40-34(13-9-20-44-40)31-17-15-28(23-35(31)41(46)45-36)48-29-16-18-33-32-12-7-8-14-37(32)47(38(33)24-29)39-22-27(19-21-43-39)42(2,3)4/h5-25H,1-4H3. The van der Waals surface area contributed by atoms with E-state index in [2.05, 4.69) is 134 Å². The highest BCUT2D eigenvalue weighted by molar-refractivity contribution is 6.12. The topological polar surface area (TPSA) is 57.2 Å². The molecule has 232 valence electrons. The van der Waals surface area contributed by atoms with E-state index in [4.69, 9.17) is 19.7 Å². The van der Waals surface area contributed by atoms with Crippen molar-refractivity contribution in [2.75, 3.05) is 0 Å². The monoisotopic (exact) mass is 623 g/mol. The van der Waals surface area contributed by atoms with Gasteiger partial charge in [0.1, 0.15) is 28.6 Å². The van der Waals surface area contributed by atoms with Crippen LogP contribution in [0.2, 0.25) is 0 Å². The van der Waals surface area contributed by atoms with Crippen LogP contribution in [0.25, 0.3) is 66.3 Å². The average molecular weight is 624 g/mol. The fourth-order valence-corrected chi connectivity index (χ4v) is 6.93. The summed E-state index contributed by atoms with van der Waals surface area (Å²) in [6, 6.07) is 37.8. The van der Waals surface area contributed by atoms with Crippen LogP contribution in [0.4, 0.5) is 0 Å². The molecular formula is C42H33N5O. The first-order chi connectivity index (χ1) is 23.3. The molecule has 0 unspecified atom stereocenters. The van der Waals surface area contributed by atoms with E-state index >= 15 is 0 Å². The lowest BCUT2D eigenvalue weighted by atomic mass is 9.88. The van der Waals surface area contributed by atoms with Gasteiger partial charge >= 0.3 is 0 Å². The van der Waals surface area contributed by atoms with Gasteiger partial charge in [-0.25, -0.2) is 15.0 Å². The molecule has 6 nitrogen and oxygen atoms in total. The Bertz CT molecular complexity index is 2710. The predicted octanol–water partition coefficient (Wildman–Crippen LogP) is 10.6. The number of aryl methyl sites for hydroxylation is 1. The molecule has 0 aliphatic carbocycles. The van der Waals surface area contributed by atoms with E-state index in [0.717, 1.165) is 72.4 Å². The smallest absolute Gasteiger partial charge is 0.147 e. The van der Waals surface area contributed by atoms with E-state index in [1.807, 2.05) is 30.6 Å². The molecule has 9 rings (SSSR count). The van der Waals surface area contributed by atoms with E-state index in [1.54, 1.807) is 0 Å². The van der Waals surface area contributed by atoms with Crippen LogP contribution in [0.15, 0.2) is 128 Å². The van der Waals surface area contributed by atoms with E-state index in [9.17, 15) is 0 Å². The summed E-state index contributed by atoms with van der Waals surface area (Å²) >= 11 is 0. The average Bonchev–Trinajstić information content (AvgIpc) is 3.68. The van der Waals surface area contributed by atoms with Crippen LogP contribution >= 0.6 is 0 Å². The molecule has 0 fully saturated rings. The van der Waals surface area contributed by atoms with Gasteiger partial charge in [-0.2, -0.15) is 0 Å². The molecule has 4 aromatic carbocycles. The molecule has 0 N–H and O–H groups in total. The minimum Gasteiger partial charge on any atom is -0.457 e. The maximum absolute atomic E-state index is 6.64. The van der Waals surface area contributed by atoms with Crippen LogP contribution in [-0.4, -0.2) is 23.9 Å². The Kier molecular flexibility index (Phi) is 6.18. The molecule has 0 aliphatic heterocycles. The number of imidazole rings is 1. The molecule has 0 bridgehead atoms. The summed E-state index contributed by atoms with van der Waals surface area (Å²) in [4.78, 5) is 14.8. The number of fused-ring (bicyclic) bond motifs is 9. The van der Waals surface area contributed by atoms with Crippen LogP contribution in [0.3, 0.4) is 0 Å². The molecule has 9 aromatic rings. The second-order valence-corrected chi connectivity index (χ2v) is 13.5. The first-order valence-corrected chi connectivity index (χ1v) is 16.3. The van der Waals surface area contributed by atoms with Crippen molar-refractivity contribution in [2.45, 2.75) is 33.1 Å². The number of rotatable bonds is 4. The highest BCUT2D eigenvalue weighted by Gasteiger charge is 2.19. The quantitative estimate of drug-likeness (QED) is 0.183. The van der Waals surface area contributed by atoms with Crippen LogP contribution < -0.4 is 4.74 Å². The zero-order chi connectivity index (χ0) is 32.6. The number of ether oxygens (including phenoxy) is 1. The van der Waals surface area contributed by atoms with Crippen molar-refractivity contribution in [1.29, 1.82) is 0 Å². The molecule has 0 saturated heterocycles. The van der Waals surface area contributed by atoms with E-state index < -0.39 is 0 Å². The Hall–Kier alpha value is -6.01. The fourth-order valence-electron chi connectivity index (χ4n) is 6.93. The summed E-state index contributed by atoms with van der Waals surface area (Å²) in [6.07, 6.45) is 5.84. The lowest BCUT2D eigenvalue weighted by Gasteiger charge is -2.20. The maximum Gasteiger partial charge on any atom is 0.147 e. The number of pyridine rings is 3. The largest absolute Gasteiger partial charge is 0.457 e. The van der Waals surface area contributed by atoms with Gasteiger partial charge in [0.05, 0.1) is 16.7 Å².